The Bertz CT molecular complexity index is 3190. The molecule has 0 saturated carbocycles. The van der Waals surface area contributed by atoms with Crippen LogP contribution in [0.5, 0.6) is 0 Å². The van der Waals surface area contributed by atoms with Crippen molar-refractivity contribution in [3.63, 3.8) is 0 Å². The third-order valence-electron chi connectivity index (χ3n) is 14.3. The maximum Gasteiger partial charge on any atom is 0.170 e. The first-order valence-corrected chi connectivity index (χ1v) is 22.2. The van der Waals surface area contributed by atoms with E-state index in [0.717, 1.165) is 51.1 Å². The van der Waals surface area contributed by atoms with E-state index in [1.165, 1.54) is 35.4 Å². The third kappa shape index (κ3) is 6.50. The Balaban J connectivity index is 0.000000250. The summed E-state index contributed by atoms with van der Waals surface area (Å²) in [5.41, 5.74) is 3.35. The largest absolute Gasteiger partial charge is 0.296 e. The highest BCUT2D eigenvalue weighted by Gasteiger charge is 2.40. The molecule has 3 aliphatic carbocycles. The van der Waals surface area contributed by atoms with Crippen LogP contribution in [0, 0.1) is 52.4 Å². The Morgan fingerprint density at radius 1 is 0.382 bits per heavy atom. The summed E-state index contributed by atoms with van der Waals surface area (Å²) in [7, 11) is 2.11. The van der Waals surface area contributed by atoms with E-state index in [4.69, 9.17) is 0 Å². The van der Waals surface area contributed by atoms with E-state index in [2.05, 4.69) is 37.1 Å². The quantitative estimate of drug-likeness (QED) is 0.123. The zero-order valence-corrected chi connectivity index (χ0v) is 37.8. The lowest BCUT2D eigenvalue weighted by atomic mass is 9.81. The Morgan fingerprint density at radius 3 is 1.19 bits per heavy atom. The van der Waals surface area contributed by atoms with Gasteiger partial charge in [-0.3, -0.25) is 4.90 Å². The van der Waals surface area contributed by atoms with Gasteiger partial charge in [-0.25, -0.2) is 39.5 Å². The average Bonchev–Trinajstić information content (AvgIpc) is 3.87. The molecular formula is C58H42F9N. The number of fused-ring (bicyclic) bond motifs is 9. The van der Waals surface area contributed by atoms with Crippen molar-refractivity contribution in [2.75, 3.05) is 13.6 Å². The lowest BCUT2D eigenvalue weighted by molar-refractivity contribution is 0.298. The third-order valence-corrected chi connectivity index (χ3v) is 14.3. The van der Waals surface area contributed by atoms with Crippen molar-refractivity contribution in [2.24, 2.45) is 0 Å². The van der Waals surface area contributed by atoms with E-state index in [1.54, 1.807) is 24.3 Å². The summed E-state index contributed by atoms with van der Waals surface area (Å²) in [4.78, 5) is 2.29. The molecule has 8 aromatic rings. The molecule has 0 amide bonds. The Labute approximate surface area is 388 Å². The molecule has 1 atom stereocenters. The molecule has 0 fully saturated rings. The fourth-order valence-electron chi connectivity index (χ4n) is 10.7. The number of hydrogen-bond acceptors (Lipinski definition) is 1. The van der Waals surface area contributed by atoms with Crippen molar-refractivity contribution in [3.8, 4) is 66.8 Å². The van der Waals surface area contributed by atoms with Crippen LogP contribution in [0.25, 0.3) is 66.8 Å². The zero-order valence-electron chi connectivity index (χ0n) is 37.8. The Hall–Kier alpha value is -6.91. The van der Waals surface area contributed by atoms with Crippen LogP contribution in [0.2, 0.25) is 0 Å². The second-order valence-electron chi connectivity index (χ2n) is 18.7. The van der Waals surface area contributed by atoms with Crippen molar-refractivity contribution in [3.05, 3.63) is 213 Å². The molecule has 3 aliphatic rings. The highest BCUT2D eigenvalue weighted by molar-refractivity contribution is 5.86. The van der Waals surface area contributed by atoms with Gasteiger partial charge < -0.3 is 0 Å². The predicted octanol–water partition coefficient (Wildman–Crippen LogP) is 16.3. The number of rotatable bonds is 5. The van der Waals surface area contributed by atoms with Gasteiger partial charge in [0.1, 0.15) is 5.82 Å². The van der Waals surface area contributed by atoms with Crippen LogP contribution >= 0.6 is 0 Å². The number of benzene rings is 8. The highest BCUT2D eigenvalue weighted by atomic mass is 19.2. The van der Waals surface area contributed by atoms with Crippen LogP contribution in [0.15, 0.2) is 127 Å². The van der Waals surface area contributed by atoms with Crippen LogP contribution in [0.3, 0.4) is 0 Å². The van der Waals surface area contributed by atoms with Crippen LogP contribution in [0.1, 0.15) is 74.0 Å². The lowest BCUT2D eigenvalue weighted by Gasteiger charge is -2.24. The van der Waals surface area contributed by atoms with Gasteiger partial charge in [0, 0.05) is 10.8 Å². The van der Waals surface area contributed by atoms with Crippen molar-refractivity contribution in [2.45, 2.75) is 51.5 Å². The molecule has 1 unspecified atom stereocenters. The summed E-state index contributed by atoms with van der Waals surface area (Å²) in [6.07, 6.45) is 0. The topological polar surface area (TPSA) is 3.24 Å². The van der Waals surface area contributed by atoms with Gasteiger partial charge >= 0.3 is 0 Å². The summed E-state index contributed by atoms with van der Waals surface area (Å²) in [5.74, 6) is -16.9. The second-order valence-corrected chi connectivity index (χ2v) is 18.7. The monoisotopic (exact) mass is 923 g/mol. The first kappa shape index (κ1) is 44.9. The van der Waals surface area contributed by atoms with Crippen LogP contribution in [-0.2, 0) is 10.8 Å². The van der Waals surface area contributed by atoms with Crippen molar-refractivity contribution in [1.82, 2.24) is 4.90 Å². The highest BCUT2D eigenvalue weighted by Crippen LogP contribution is 2.53. The van der Waals surface area contributed by atoms with E-state index in [-0.39, 0.29) is 23.0 Å². The molecule has 11 rings (SSSR count). The molecule has 0 aliphatic heterocycles. The van der Waals surface area contributed by atoms with E-state index >= 15 is 35.1 Å². The number of halogens is 9. The second kappa shape index (κ2) is 16.1. The van der Waals surface area contributed by atoms with Gasteiger partial charge in [-0.1, -0.05) is 138 Å². The first-order chi connectivity index (χ1) is 32.4. The molecule has 1 nitrogen and oxygen atoms in total. The summed E-state index contributed by atoms with van der Waals surface area (Å²) in [6.45, 7) is 10.7. The summed E-state index contributed by atoms with van der Waals surface area (Å²) in [5, 5.41) is 0. The first-order valence-electron chi connectivity index (χ1n) is 22.2. The van der Waals surface area contributed by atoms with Gasteiger partial charge in [0.15, 0.2) is 46.5 Å². The smallest absolute Gasteiger partial charge is 0.170 e. The SMILES string of the molecule is CC1(C)c2ccccc2-c2ccc(-c3c(F)c(F)c(-c4c(F)c(F)c(-c5ccc6c(c5)C(C)(C)c5ccccc5-6)c(F)c4F)c(F)c3F)cc21.CCN(C)C1c2ccccc2-c2cc(F)ccc21. The fraction of sp³-hybridized carbons (Fsp3) is 0.172. The van der Waals surface area contributed by atoms with E-state index in [1.807, 2.05) is 88.4 Å². The van der Waals surface area contributed by atoms with Crippen LogP contribution in [0.4, 0.5) is 39.5 Å². The van der Waals surface area contributed by atoms with E-state index < -0.39 is 79.6 Å². The lowest BCUT2D eigenvalue weighted by Crippen LogP contribution is -2.23. The Kier molecular flexibility index (Phi) is 10.6. The molecular weight excluding hydrogens is 882 g/mol. The number of hydrogen-bond donors (Lipinski definition) is 0. The van der Waals surface area contributed by atoms with Crippen LogP contribution < -0.4 is 0 Å². The molecule has 8 aromatic carbocycles. The van der Waals surface area contributed by atoms with Gasteiger partial charge in [0.2, 0.25) is 0 Å². The van der Waals surface area contributed by atoms with Gasteiger partial charge in [-0.15, -0.1) is 0 Å². The fourth-order valence-corrected chi connectivity index (χ4v) is 10.7. The zero-order chi connectivity index (χ0) is 48.3. The average molecular weight is 924 g/mol. The predicted molar refractivity (Wildman–Crippen MR) is 250 cm³/mol. The molecule has 0 aromatic heterocycles. The van der Waals surface area contributed by atoms with E-state index in [9.17, 15) is 4.39 Å². The van der Waals surface area contributed by atoms with Gasteiger partial charge in [0.25, 0.3) is 0 Å². The van der Waals surface area contributed by atoms with Gasteiger partial charge in [-0.05, 0) is 116 Å². The summed E-state index contributed by atoms with van der Waals surface area (Å²) < 4.78 is 140. The standard InChI is InChI=1S/C42H26F8.C16H16FN/c1-41(2)25-11-7-5-9-21(25)23-15-13-19(17-27(23)41)29-33(43)37(47)31(38(48)34(29)44)32-39(49)35(45)30(36(46)40(32)50)20-14-16-24-22-10-6-8-12-26(22)42(3,4)28(24)18-20;1-3-18(2)16-13-7-5-4-6-12(13)15-10-11(17)8-9-14(15)16/h5-18H,1-4H3;4-10,16H,3H2,1-2H3. The molecule has 0 spiro atoms. The molecule has 0 saturated heterocycles. The molecule has 0 bridgehead atoms. The summed E-state index contributed by atoms with van der Waals surface area (Å²) >= 11 is 0. The summed E-state index contributed by atoms with van der Waals surface area (Å²) in [6, 6.07) is 37.1. The minimum Gasteiger partial charge on any atom is -0.296 e. The minimum absolute atomic E-state index is 0.164. The minimum atomic E-state index is -2.21. The molecule has 0 N–H and O–H groups in total. The van der Waals surface area contributed by atoms with Gasteiger partial charge in [0.05, 0.1) is 28.3 Å². The normalized spacial score (nSPS) is 15.3. The van der Waals surface area contributed by atoms with Crippen LogP contribution in [-0.4, -0.2) is 18.5 Å². The Morgan fingerprint density at radius 2 is 0.750 bits per heavy atom. The molecule has 68 heavy (non-hydrogen) atoms. The maximum atomic E-state index is 15.8. The van der Waals surface area contributed by atoms with Crippen molar-refractivity contribution >= 4 is 0 Å². The van der Waals surface area contributed by atoms with Gasteiger partial charge in [-0.2, -0.15) is 0 Å². The van der Waals surface area contributed by atoms with Crippen molar-refractivity contribution in [1.29, 1.82) is 0 Å². The number of nitrogens with zero attached hydrogens (tertiary/aromatic N) is 1. The molecule has 10 heteroatoms. The van der Waals surface area contributed by atoms with Crippen molar-refractivity contribution < 1.29 is 39.5 Å². The molecule has 0 radical (unpaired) electrons. The molecule has 342 valence electrons. The molecule has 0 heterocycles. The maximum absolute atomic E-state index is 15.8. The van der Waals surface area contributed by atoms with E-state index in [0.29, 0.717) is 11.1 Å².